The SMILES string of the molecule is CCCCCCCCCC1(Cn2ccnc2)SCCC(CC)S1. The molecule has 132 valence electrons. The lowest BCUT2D eigenvalue weighted by Crippen LogP contribution is -2.33. The predicted molar refractivity (Wildman–Crippen MR) is 106 cm³/mol. The van der Waals surface area contributed by atoms with Gasteiger partial charge in [-0.05, 0) is 25.0 Å². The van der Waals surface area contributed by atoms with Gasteiger partial charge in [-0.1, -0.05) is 58.8 Å². The number of aromatic nitrogens is 2. The van der Waals surface area contributed by atoms with E-state index in [1.165, 1.54) is 70.0 Å². The standard InChI is InChI=1S/C19H34N2S2/c1-3-5-6-7-8-9-10-12-19(16-21-14-13-20-17-21)22-15-11-18(4-2)23-19/h13-14,17-18H,3-12,15-16H2,1-2H3. The number of hydrogen-bond donors (Lipinski definition) is 0. The number of imidazole rings is 1. The summed E-state index contributed by atoms with van der Waals surface area (Å²) in [4.78, 5) is 4.24. The van der Waals surface area contributed by atoms with E-state index in [-0.39, 0.29) is 0 Å². The Morgan fingerprint density at radius 1 is 1.13 bits per heavy atom. The summed E-state index contributed by atoms with van der Waals surface area (Å²) < 4.78 is 2.67. The fourth-order valence-electron chi connectivity index (χ4n) is 3.36. The molecule has 0 amide bonds. The highest BCUT2D eigenvalue weighted by molar-refractivity contribution is 8.19. The molecule has 0 spiro atoms. The van der Waals surface area contributed by atoms with Crippen molar-refractivity contribution in [3.8, 4) is 0 Å². The van der Waals surface area contributed by atoms with Gasteiger partial charge in [-0.25, -0.2) is 4.98 Å². The third kappa shape index (κ3) is 6.74. The molecule has 0 aliphatic carbocycles. The third-order valence-corrected chi connectivity index (χ3v) is 8.39. The van der Waals surface area contributed by atoms with E-state index in [1.54, 1.807) is 0 Å². The van der Waals surface area contributed by atoms with Crippen molar-refractivity contribution < 1.29 is 0 Å². The molecule has 0 bridgehead atoms. The Morgan fingerprint density at radius 2 is 1.91 bits per heavy atom. The summed E-state index contributed by atoms with van der Waals surface area (Å²) >= 11 is 4.48. The second kappa shape index (κ2) is 10.7. The maximum Gasteiger partial charge on any atom is 0.0946 e. The molecule has 1 aromatic rings. The highest BCUT2D eigenvalue weighted by atomic mass is 32.2. The molecule has 0 saturated carbocycles. The van der Waals surface area contributed by atoms with Crippen LogP contribution in [0.3, 0.4) is 0 Å². The van der Waals surface area contributed by atoms with Gasteiger partial charge in [-0.2, -0.15) is 0 Å². The molecule has 1 aliphatic heterocycles. The number of nitrogens with zero attached hydrogens (tertiary/aromatic N) is 2. The van der Waals surface area contributed by atoms with Crippen molar-refractivity contribution in [2.75, 3.05) is 5.75 Å². The van der Waals surface area contributed by atoms with Crippen LogP contribution in [0.4, 0.5) is 0 Å². The molecule has 1 aromatic heterocycles. The van der Waals surface area contributed by atoms with Crippen LogP contribution < -0.4 is 0 Å². The van der Waals surface area contributed by atoms with Gasteiger partial charge in [0.2, 0.25) is 0 Å². The van der Waals surface area contributed by atoms with Crippen molar-refractivity contribution in [2.24, 2.45) is 0 Å². The van der Waals surface area contributed by atoms with Crippen molar-refractivity contribution in [3.63, 3.8) is 0 Å². The molecule has 2 rings (SSSR count). The molecule has 1 saturated heterocycles. The van der Waals surface area contributed by atoms with E-state index in [0.29, 0.717) is 4.08 Å². The van der Waals surface area contributed by atoms with Crippen molar-refractivity contribution in [3.05, 3.63) is 18.7 Å². The van der Waals surface area contributed by atoms with Crippen LogP contribution in [0.25, 0.3) is 0 Å². The largest absolute Gasteiger partial charge is 0.335 e. The molecule has 4 heteroatoms. The van der Waals surface area contributed by atoms with Crippen molar-refractivity contribution in [2.45, 2.75) is 93.9 Å². The normalized spacial score (nSPS) is 24.9. The van der Waals surface area contributed by atoms with Crippen molar-refractivity contribution in [1.29, 1.82) is 0 Å². The Labute approximate surface area is 151 Å². The van der Waals surface area contributed by atoms with E-state index < -0.39 is 0 Å². The Balaban J connectivity index is 1.81. The van der Waals surface area contributed by atoms with Crippen molar-refractivity contribution >= 4 is 23.5 Å². The van der Waals surface area contributed by atoms with Gasteiger partial charge in [0.15, 0.2) is 0 Å². The second-order valence-corrected chi connectivity index (χ2v) is 10.2. The van der Waals surface area contributed by atoms with Crippen LogP contribution >= 0.6 is 23.5 Å². The quantitative estimate of drug-likeness (QED) is 0.430. The van der Waals surface area contributed by atoms with Gasteiger partial charge in [0, 0.05) is 24.2 Å². The van der Waals surface area contributed by atoms with Crippen molar-refractivity contribution in [1.82, 2.24) is 9.55 Å². The van der Waals surface area contributed by atoms with Crippen LogP contribution in [-0.4, -0.2) is 24.6 Å². The molecule has 1 aliphatic rings. The monoisotopic (exact) mass is 354 g/mol. The summed E-state index contributed by atoms with van der Waals surface area (Å²) in [6, 6.07) is 0. The Morgan fingerprint density at radius 3 is 2.61 bits per heavy atom. The molecule has 2 heterocycles. The summed E-state index contributed by atoms with van der Waals surface area (Å²) in [5.41, 5.74) is 0. The molecule has 23 heavy (non-hydrogen) atoms. The zero-order valence-corrected chi connectivity index (χ0v) is 16.6. The molecule has 1 fully saturated rings. The maximum atomic E-state index is 4.24. The average Bonchev–Trinajstić information content (AvgIpc) is 3.07. The average molecular weight is 355 g/mol. The molecule has 0 radical (unpaired) electrons. The number of rotatable bonds is 11. The molecular weight excluding hydrogens is 320 g/mol. The minimum Gasteiger partial charge on any atom is -0.335 e. The smallest absolute Gasteiger partial charge is 0.0946 e. The van der Waals surface area contributed by atoms with Crippen LogP contribution in [0.15, 0.2) is 18.7 Å². The van der Waals surface area contributed by atoms with Gasteiger partial charge in [-0.15, -0.1) is 23.5 Å². The fourth-order valence-corrected chi connectivity index (χ4v) is 7.24. The Bertz CT molecular complexity index is 408. The number of unbranched alkanes of at least 4 members (excludes halogenated alkanes) is 6. The third-order valence-electron chi connectivity index (χ3n) is 4.79. The summed E-state index contributed by atoms with van der Waals surface area (Å²) in [5.74, 6) is 1.33. The summed E-state index contributed by atoms with van der Waals surface area (Å²) in [6.07, 6.45) is 19.9. The van der Waals surface area contributed by atoms with Gasteiger partial charge in [0.1, 0.15) is 0 Å². The van der Waals surface area contributed by atoms with Gasteiger partial charge in [0.25, 0.3) is 0 Å². The van der Waals surface area contributed by atoms with E-state index in [2.05, 4.69) is 53.1 Å². The lowest BCUT2D eigenvalue weighted by atomic mass is 10.1. The molecular formula is C19H34N2S2. The summed E-state index contributed by atoms with van der Waals surface area (Å²) in [6.45, 7) is 5.76. The Hall–Kier alpha value is -0.0900. The highest BCUT2D eigenvalue weighted by Crippen LogP contribution is 2.50. The lowest BCUT2D eigenvalue weighted by molar-refractivity contribution is 0.523. The highest BCUT2D eigenvalue weighted by Gasteiger charge is 2.37. The van der Waals surface area contributed by atoms with E-state index in [4.69, 9.17) is 0 Å². The minimum absolute atomic E-state index is 0.378. The van der Waals surface area contributed by atoms with Crippen LogP contribution in [0, 0.1) is 0 Å². The lowest BCUT2D eigenvalue weighted by Gasteiger charge is -2.40. The van der Waals surface area contributed by atoms with Crippen LogP contribution in [0.5, 0.6) is 0 Å². The van der Waals surface area contributed by atoms with Crippen LogP contribution in [0.1, 0.15) is 78.1 Å². The van der Waals surface area contributed by atoms with E-state index >= 15 is 0 Å². The number of thioether (sulfide) groups is 2. The van der Waals surface area contributed by atoms with Gasteiger partial charge in [-0.3, -0.25) is 0 Å². The van der Waals surface area contributed by atoms with E-state index in [0.717, 1.165) is 11.8 Å². The first-order valence-electron chi connectivity index (χ1n) is 9.55. The zero-order chi connectivity index (χ0) is 16.4. The molecule has 0 aromatic carbocycles. The fraction of sp³-hybridized carbons (Fsp3) is 0.842. The first-order valence-corrected chi connectivity index (χ1v) is 11.4. The second-order valence-electron chi connectivity index (χ2n) is 6.80. The van der Waals surface area contributed by atoms with Gasteiger partial charge < -0.3 is 4.57 Å². The van der Waals surface area contributed by atoms with Gasteiger partial charge in [0.05, 0.1) is 10.4 Å². The maximum absolute atomic E-state index is 4.24. The minimum atomic E-state index is 0.378. The van der Waals surface area contributed by atoms with Crippen LogP contribution in [0.2, 0.25) is 0 Å². The zero-order valence-electron chi connectivity index (χ0n) is 15.0. The van der Waals surface area contributed by atoms with E-state index in [9.17, 15) is 0 Å². The van der Waals surface area contributed by atoms with Gasteiger partial charge >= 0.3 is 0 Å². The van der Waals surface area contributed by atoms with E-state index in [1.807, 2.05) is 12.5 Å². The molecule has 2 unspecified atom stereocenters. The topological polar surface area (TPSA) is 17.8 Å². The summed E-state index contributed by atoms with van der Waals surface area (Å²) in [7, 11) is 0. The van der Waals surface area contributed by atoms with Crippen LogP contribution in [-0.2, 0) is 6.54 Å². The number of hydrogen-bond acceptors (Lipinski definition) is 3. The first-order chi connectivity index (χ1) is 11.3. The predicted octanol–water partition coefficient (Wildman–Crippen LogP) is 6.37. The molecule has 2 nitrogen and oxygen atoms in total. The molecule has 0 N–H and O–H groups in total. The molecule has 2 atom stereocenters. The summed E-state index contributed by atoms with van der Waals surface area (Å²) in [5, 5.41) is 0.851. The first kappa shape index (κ1) is 19.2. The Kier molecular flexibility index (Phi) is 8.96.